The summed E-state index contributed by atoms with van der Waals surface area (Å²) in [6.07, 6.45) is 1.17. The van der Waals surface area contributed by atoms with Crippen molar-refractivity contribution < 1.29 is 13.5 Å². The van der Waals surface area contributed by atoms with E-state index in [2.05, 4.69) is 4.72 Å². The Bertz CT molecular complexity index is 417. The van der Waals surface area contributed by atoms with E-state index in [1.165, 1.54) is 0 Å². The van der Waals surface area contributed by atoms with Crippen molar-refractivity contribution in [2.24, 2.45) is 0 Å². The van der Waals surface area contributed by atoms with Gasteiger partial charge in [-0.25, -0.2) is 13.1 Å². The number of aliphatic hydroxyl groups excluding tert-OH is 1. The van der Waals surface area contributed by atoms with Crippen molar-refractivity contribution in [3.63, 3.8) is 0 Å². The maximum Gasteiger partial charge on any atom is 0.211 e. The largest absolute Gasteiger partial charge is 0.396 e. The number of hydrogen-bond acceptors (Lipinski definition) is 3. The van der Waals surface area contributed by atoms with Gasteiger partial charge in [0.2, 0.25) is 10.0 Å². The van der Waals surface area contributed by atoms with Gasteiger partial charge in [-0.1, -0.05) is 30.3 Å². The molecule has 0 aliphatic heterocycles. The predicted molar refractivity (Wildman–Crippen MR) is 68.1 cm³/mol. The molecule has 0 fully saturated rings. The molecule has 1 atom stereocenters. The van der Waals surface area contributed by atoms with Crippen LogP contribution in [0.25, 0.3) is 0 Å². The smallest absolute Gasteiger partial charge is 0.211 e. The predicted octanol–water partition coefficient (Wildman–Crippen LogP) is 1.44. The molecule has 1 rings (SSSR count). The highest BCUT2D eigenvalue weighted by molar-refractivity contribution is 7.89. The normalized spacial score (nSPS) is 13.5. The van der Waals surface area contributed by atoms with E-state index in [-0.39, 0.29) is 18.4 Å². The molecule has 5 heteroatoms. The lowest BCUT2D eigenvalue weighted by Gasteiger charge is -2.18. The van der Waals surface area contributed by atoms with E-state index < -0.39 is 10.0 Å². The fourth-order valence-electron chi connectivity index (χ4n) is 1.57. The van der Waals surface area contributed by atoms with E-state index in [1.807, 2.05) is 30.3 Å². The summed E-state index contributed by atoms with van der Waals surface area (Å²) >= 11 is 0. The highest BCUT2D eigenvalue weighted by Crippen LogP contribution is 2.19. The third kappa shape index (κ3) is 4.85. The molecule has 0 aliphatic carbocycles. The second-order valence-corrected chi connectivity index (χ2v) is 5.89. The monoisotopic (exact) mass is 257 g/mol. The van der Waals surface area contributed by atoms with E-state index in [9.17, 15) is 8.42 Å². The summed E-state index contributed by atoms with van der Waals surface area (Å²) in [5.74, 6) is 0.0649. The number of benzene rings is 1. The Morgan fingerprint density at radius 3 is 2.47 bits per heavy atom. The first-order chi connectivity index (χ1) is 8.09. The van der Waals surface area contributed by atoms with Crippen molar-refractivity contribution in [3.8, 4) is 0 Å². The van der Waals surface area contributed by atoms with Gasteiger partial charge in [0.25, 0.3) is 0 Å². The zero-order valence-corrected chi connectivity index (χ0v) is 10.8. The summed E-state index contributed by atoms with van der Waals surface area (Å²) in [6, 6.07) is 9.16. The molecule has 0 saturated heterocycles. The van der Waals surface area contributed by atoms with E-state index in [1.54, 1.807) is 6.92 Å². The van der Waals surface area contributed by atoms with Crippen molar-refractivity contribution in [2.45, 2.75) is 25.8 Å². The Morgan fingerprint density at radius 2 is 1.94 bits per heavy atom. The molecule has 0 heterocycles. The first kappa shape index (κ1) is 14.2. The molecule has 1 unspecified atom stereocenters. The minimum absolute atomic E-state index is 0.0649. The van der Waals surface area contributed by atoms with Gasteiger partial charge in [0.1, 0.15) is 0 Å². The molecule has 1 aromatic rings. The third-order valence-electron chi connectivity index (χ3n) is 2.55. The summed E-state index contributed by atoms with van der Waals surface area (Å²) in [5, 5.41) is 8.84. The molecule has 4 nitrogen and oxygen atoms in total. The average Bonchev–Trinajstić information content (AvgIpc) is 2.35. The van der Waals surface area contributed by atoms with Gasteiger partial charge >= 0.3 is 0 Å². The van der Waals surface area contributed by atoms with Crippen LogP contribution in [-0.2, 0) is 10.0 Å². The van der Waals surface area contributed by atoms with E-state index >= 15 is 0 Å². The molecule has 0 aliphatic rings. The molecule has 17 heavy (non-hydrogen) atoms. The topological polar surface area (TPSA) is 66.4 Å². The first-order valence-electron chi connectivity index (χ1n) is 5.75. The van der Waals surface area contributed by atoms with Crippen molar-refractivity contribution in [1.82, 2.24) is 4.72 Å². The Labute approximate surface area is 103 Å². The van der Waals surface area contributed by atoms with Crippen LogP contribution in [0.2, 0.25) is 0 Å². The molecule has 1 aromatic carbocycles. The third-order valence-corrected chi connectivity index (χ3v) is 3.96. The van der Waals surface area contributed by atoms with Crippen molar-refractivity contribution in [3.05, 3.63) is 35.9 Å². The van der Waals surface area contributed by atoms with Crippen molar-refractivity contribution in [1.29, 1.82) is 0 Å². The molecule has 0 spiro atoms. The number of aliphatic hydroxyl groups is 1. The zero-order valence-electron chi connectivity index (χ0n) is 9.96. The summed E-state index contributed by atoms with van der Waals surface area (Å²) in [7, 11) is -3.23. The standard InChI is InChI=1S/C12H19NO3S/c1-2-17(15,16)13-12(9-6-10-14)11-7-4-3-5-8-11/h3-5,7-8,12-14H,2,6,9-10H2,1H3. The molecule has 0 aromatic heterocycles. The second-order valence-electron chi connectivity index (χ2n) is 3.85. The van der Waals surface area contributed by atoms with Crippen molar-refractivity contribution in [2.75, 3.05) is 12.4 Å². The van der Waals surface area contributed by atoms with Crippen LogP contribution in [0, 0.1) is 0 Å². The zero-order chi connectivity index (χ0) is 12.7. The molecular formula is C12H19NO3S. The average molecular weight is 257 g/mol. The lowest BCUT2D eigenvalue weighted by atomic mass is 10.0. The molecule has 0 radical (unpaired) electrons. The second kappa shape index (κ2) is 6.74. The number of nitrogens with one attached hydrogen (secondary N) is 1. The Kier molecular flexibility index (Phi) is 5.61. The van der Waals surface area contributed by atoms with Crippen LogP contribution in [-0.4, -0.2) is 25.9 Å². The van der Waals surface area contributed by atoms with Gasteiger partial charge in [-0.3, -0.25) is 0 Å². The molecule has 2 N–H and O–H groups in total. The van der Waals surface area contributed by atoms with Gasteiger partial charge in [-0.2, -0.15) is 0 Å². The molecule has 0 amide bonds. The SMILES string of the molecule is CCS(=O)(=O)NC(CCCO)c1ccccc1. The first-order valence-corrected chi connectivity index (χ1v) is 7.40. The fourth-order valence-corrected chi connectivity index (χ4v) is 2.43. The van der Waals surface area contributed by atoms with Crippen LogP contribution >= 0.6 is 0 Å². The van der Waals surface area contributed by atoms with E-state index in [4.69, 9.17) is 5.11 Å². The van der Waals surface area contributed by atoms with Gasteiger partial charge in [0.15, 0.2) is 0 Å². The summed E-state index contributed by atoms with van der Waals surface area (Å²) in [6.45, 7) is 1.67. The number of sulfonamides is 1. The number of rotatable bonds is 7. The van der Waals surface area contributed by atoms with E-state index in [0.29, 0.717) is 12.8 Å². The van der Waals surface area contributed by atoms with Crippen LogP contribution in [0.1, 0.15) is 31.4 Å². The van der Waals surface area contributed by atoms with Gasteiger partial charge in [-0.05, 0) is 25.3 Å². The van der Waals surface area contributed by atoms with Crippen LogP contribution in [0.4, 0.5) is 0 Å². The summed E-state index contributed by atoms with van der Waals surface area (Å²) < 4.78 is 25.8. The minimum atomic E-state index is -3.23. The molecule has 0 bridgehead atoms. The van der Waals surface area contributed by atoms with Crippen LogP contribution < -0.4 is 4.72 Å². The highest BCUT2D eigenvalue weighted by Gasteiger charge is 2.17. The van der Waals surface area contributed by atoms with Crippen LogP contribution in [0.3, 0.4) is 0 Å². The fraction of sp³-hybridized carbons (Fsp3) is 0.500. The number of hydrogen-bond donors (Lipinski definition) is 2. The van der Waals surface area contributed by atoms with Crippen LogP contribution in [0.15, 0.2) is 30.3 Å². The summed E-state index contributed by atoms with van der Waals surface area (Å²) in [5.41, 5.74) is 0.929. The highest BCUT2D eigenvalue weighted by atomic mass is 32.2. The van der Waals surface area contributed by atoms with Gasteiger partial charge < -0.3 is 5.11 Å². The maximum atomic E-state index is 11.6. The lowest BCUT2D eigenvalue weighted by molar-refractivity contribution is 0.278. The Hall–Kier alpha value is -0.910. The molecule has 0 saturated carbocycles. The summed E-state index contributed by atoms with van der Waals surface area (Å²) in [4.78, 5) is 0. The van der Waals surface area contributed by atoms with Crippen molar-refractivity contribution >= 4 is 10.0 Å². The molecular weight excluding hydrogens is 238 g/mol. The quantitative estimate of drug-likeness (QED) is 0.776. The van der Waals surface area contributed by atoms with Gasteiger partial charge in [0.05, 0.1) is 5.75 Å². The van der Waals surface area contributed by atoms with E-state index in [0.717, 1.165) is 5.56 Å². The Balaban J connectivity index is 2.81. The minimum Gasteiger partial charge on any atom is -0.396 e. The maximum absolute atomic E-state index is 11.6. The Morgan fingerprint density at radius 1 is 1.29 bits per heavy atom. The van der Waals surface area contributed by atoms with Gasteiger partial charge in [-0.15, -0.1) is 0 Å². The lowest BCUT2D eigenvalue weighted by Crippen LogP contribution is -2.30. The van der Waals surface area contributed by atoms with Crippen LogP contribution in [0.5, 0.6) is 0 Å². The van der Waals surface area contributed by atoms with Gasteiger partial charge in [0, 0.05) is 12.6 Å². The molecule has 96 valence electrons.